The van der Waals surface area contributed by atoms with Crippen LogP contribution in [0.2, 0.25) is 0 Å². The fourth-order valence-corrected chi connectivity index (χ4v) is 2.12. The van der Waals surface area contributed by atoms with Crippen molar-refractivity contribution in [3.63, 3.8) is 0 Å². The quantitative estimate of drug-likeness (QED) is 0.607. The van der Waals surface area contributed by atoms with E-state index >= 15 is 0 Å². The molecule has 3 nitrogen and oxygen atoms in total. The summed E-state index contributed by atoms with van der Waals surface area (Å²) in [4.78, 5) is 0. The number of para-hydroxylation sites is 1. The predicted molar refractivity (Wildman–Crippen MR) is 90.6 cm³/mol. The van der Waals surface area contributed by atoms with Crippen LogP contribution in [0, 0.1) is 5.82 Å². The van der Waals surface area contributed by atoms with E-state index in [1.54, 1.807) is 18.2 Å². The monoisotopic (exact) mass is 318 g/mol. The lowest BCUT2D eigenvalue weighted by Crippen LogP contribution is -2.38. The first-order valence-corrected chi connectivity index (χ1v) is 7.59. The second kappa shape index (κ2) is 9.00. The first kappa shape index (κ1) is 16.2. The van der Waals surface area contributed by atoms with Gasteiger partial charge in [-0.25, -0.2) is 4.39 Å². The standard InChI is InChI=1S/C17H19FN2OS/c18-15-8-4-5-9-16(15)21-13-12-20-17(22)19-11-10-14-6-2-1-3-7-14/h1-9H,10-13H2,(H2,19,20,22). The third-order valence-corrected chi connectivity index (χ3v) is 3.31. The Balaban J connectivity index is 1.57. The van der Waals surface area contributed by atoms with Crippen molar-refractivity contribution in [2.45, 2.75) is 6.42 Å². The molecule has 0 saturated carbocycles. The van der Waals surface area contributed by atoms with E-state index in [0.717, 1.165) is 13.0 Å². The van der Waals surface area contributed by atoms with Gasteiger partial charge in [0.25, 0.3) is 0 Å². The van der Waals surface area contributed by atoms with Gasteiger partial charge < -0.3 is 15.4 Å². The van der Waals surface area contributed by atoms with Gasteiger partial charge in [0.15, 0.2) is 16.7 Å². The fraction of sp³-hybridized carbons (Fsp3) is 0.235. The smallest absolute Gasteiger partial charge is 0.166 e. The van der Waals surface area contributed by atoms with Gasteiger partial charge >= 0.3 is 0 Å². The topological polar surface area (TPSA) is 33.3 Å². The van der Waals surface area contributed by atoms with Crippen LogP contribution in [0.3, 0.4) is 0 Å². The predicted octanol–water partition coefficient (Wildman–Crippen LogP) is 2.91. The minimum absolute atomic E-state index is 0.257. The highest BCUT2D eigenvalue weighted by Gasteiger charge is 2.01. The minimum Gasteiger partial charge on any atom is -0.489 e. The van der Waals surface area contributed by atoms with Crippen molar-refractivity contribution in [2.24, 2.45) is 0 Å². The number of hydrogen-bond acceptors (Lipinski definition) is 2. The van der Waals surface area contributed by atoms with Crippen LogP contribution in [-0.4, -0.2) is 24.8 Å². The third kappa shape index (κ3) is 5.69. The van der Waals surface area contributed by atoms with Crippen LogP contribution in [0.4, 0.5) is 4.39 Å². The second-order valence-corrected chi connectivity index (χ2v) is 5.11. The average molecular weight is 318 g/mol. The first-order valence-electron chi connectivity index (χ1n) is 7.18. The highest BCUT2D eigenvalue weighted by Crippen LogP contribution is 2.14. The SMILES string of the molecule is Fc1ccccc1OCCNC(=S)NCCc1ccccc1. The summed E-state index contributed by atoms with van der Waals surface area (Å²) >= 11 is 5.17. The van der Waals surface area contributed by atoms with Crippen molar-refractivity contribution < 1.29 is 9.13 Å². The Bertz CT molecular complexity index is 592. The van der Waals surface area contributed by atoms with Gasteiger partial charge in [-0.05, 0) is 36.3 Å². The molecular weight excluding hydrogens is 299 g/mol. The molecule has 0 aliphatic heterocycles. The molecule has 116 valence electrons. The van der Waals surface area contributed by atoms with Gasteiger partial charge in [0.1, 0.15) is 6.61 Å². The lowest BCUT2D eigenvalue weighted by atomic mass is 10.1. The molecule has 0 aromatic heterocycles. The maximum atomic E-state index is 13.3. The number of ether oxygens (including phenoxy) is 1. The van der Waals surface area contributed by atoms with Crippen molar-refractivity contribution in [1.82, 2.24) is 10.6 Å². The van der Waals surface area contributed by atoms with Gasteiger partial charge in [0.2, 0.25) is 0 Å². The summed E-state index contributed by atoms with van der Waals surface area (Å²) in [5, 5.41) is 6.74. The average Bonchev–Trinajstić information content (AvgIpc) is 2.54. The molecule has 0 heterocycles. The number of hydrogen-bond donors (Lipinski definition) is 2. The largest absolute Gasteiger partial charge is 0.489 e. The summed E-state index contributed by atoms with van der Waals surface area (Å²) in [5.41, 5.74) is 1.26. The highest BCUT2D eigenvalue weighted by molar-refractivity contribution is 7.80. The summed E-state index contributed by atoms with van der Waals surface area (Å²) in [6, 6.07) is 16.6. The molecule has 5 heteroatoms. The molecule has 2 rings (SSSR count). The van der Waals surface area contributed by atoms with Crippen molar-refractivity contribution in [3.8, 4) is 5.75 Å². The van der Waals surface area contributed by atoms with E-state index in [2.05, 4.69) is 22.8 Å². The second-order valence-electron chi connectivity index (χ2n) is 4.70. The Labute approximate surface area is 135 Å². The fourth-order valence-electron chi connectivity index (χ4n) is 1.91. The molecular formula is C17H19FN2OS. The molecule has 0 saturated heterocycles. The molecule has 2 N–H and O–H groups in total. The zero-order chi connectivity index (χ0) is 15.6. The van der Waals surface area contributed by atoms with Crippen LogP contribution < -0.4 is 15.4 Å². The van der Waals surface area contributed by atoms with E-state index in [4.69, 9.17) is 17.0 Å². The van der Waals surface area contributed by atoms with Crippen LogP contribution in [0.1, 0.15) is 5.56 Å². The van der Waals surface area contributed by atoms with Crippen LogP contribution in [0.5, 0.6) is 5.75 Å². The zero-order valence-electron chi connectivity index (χ0n) is 12.2. The van der Waals surface area contributed by atoms with Gasteiger partial charge in [-0.15, -0.1) is 0 Å². The van der Waals surface area contributed by atoms with E-state index in [1.165, 1.54) is 11.6 Å². The molecule has 0 radical (unpaired) electrons. The van der Waals surface area contributed by atoms with Gasteiger partial charge in [0.05, 0.1) is 6.54 Å². The highest BCUT2D eigenvalue weighted by atomic mass is 32.1. The summed E-state index contributed by atoms with van der Waals surface area (Å²) in [5.74, 6) is -0.0988. The van der Waals surface area contributed by atoms with Crippen LogP contribution in [-0.2, 0) is 6.42 Å². The minimum atomic E-state index is -0.355. The molecule has 0 fully saturated rings. The van der Waals surface area contributed by atoms with Crippen LogP contribution in [0.15, 0.2) is 54.6 Å². The van der Waals surface area contributed by atoms with Gasteiger partial charge in [-0.3, -0.25) is 0 Å². The lowest BCUT2D eigenvalue weighted by molar-refractivity contribution is 0.306. The Hall–Kier alpha value is -2.14. The van der Waals surface area contributed by atoms with Crippen molar-refractivity contribution >= 4 is 17.3 Å². The van der Waals surface area contributed by atoms with E-state index in [-0.39, 0.29) is 11.6 Å². The van der Waals surface area contributed by atoms with Gasteiger partial charge in [-0.2, -0.15) is 0 Å². The molecule has 2 aromatic carbocycles. The summed E-state index contributed by atoms with van der Waals surface area (Å²) < 4.78 is 18.7. The van der Waals surface area contributed by atoms with E-state index in [1.807, 2.05) is 18.2 Å². The number of rotatable bonds is 7. The number of benzene rings is 2. The van der Waals surface area contributed by atoms with Crippen LogP contribution >= 0.6 is 12.2 Å². The number of nitrogens with one attached hydrogen (secondary N) is 2. The summed E-state index contributed by atoms with van der Waals surface area (Å²) in [6.45, 7) is 1.64. The van der Waals surface area contributed by atoms with Crippen molar-refractivity contribution in [2.75, 3.05) is 19.7 Å². The number of thiocarbonyl (C=S) groups is 1. The molecule has 0 spiro atoms. The summed E-state index contributed by atoms with van der Waals surface area (Å²) in [7, 11) is 0. The molecule has 0 unspecified atom stereocenters. The maximum Gasteiger partial charge on any atom is 0.166 e. The molecule has 0 aliphatic carbocycles. The summed E-state index contributed by atoms with van der Waals surface area (Å²) in [6.07, 6.45) is 0.911. The zero-order valence-corrected chi connectivity index (χ0v) is 13.0. The molecule has 0 amide bonds. The third-order valence-electron chi connectivity index (χ3n) is 3.02. The Morgan fingerprint density at radius 3 is 2.41 bits per heavy atom. The lowest BCUT2D eigenvalue weighted by Gasteiger charge is -2.11. The van der Waals surface area contributed by atoms with E-state index in [9.17, 15) is 4.39 Å². The van der Waals surface area contributed by atoms with E-state index in [0.29, 0.717) is 18.3 Å². The van der Waals surface area contributed by atoms with Crippen molar-refractivity contribution in [3.05, 3.63) is 66.0 Å². The Kier molecular flexibility index (Phi) is 6.64. The van der Waals surface area contributed by atoms with Crippen LogP contribution in [0.25, 0.3) is 0 Å². The van der Waals surface area contributed by atoms with Crippen molar-refractivity contribution in [1.29, 1.82) is 0 Å². The van der Waals surface area contributed by atoms with Gasteiger partial charge in [-0.1, -0.05) is 42.5 Å². The maximum absolute atomic E-state index is 13.3. The Morgan fingerprint density at radius 2 is 1.64 bits per heavy atom. The normalized spacial score (nSPS) is 10.0. The number of halogens is 1. The molecule has 0 aliphatic rings. The Morgan fingerprint density at radius 1 is 0.955 bits per heavy atom. The molecule has 22 heavy (non-hydrogen) atoms. The van der Waals surface area contributed by atoms with Gasteiger partial charge in [0, 0.05) is 6.54 Å². The van der Waals surface area contributed by atoms with E-state index < -0.39 is 0 Å². The molecule has 2 aromatic rings. The molecule has 0 bridgehead atoms. The molecule has 0 atom stereocenters. The first-order chi connectivity index (χ1) is 10.8.